The van der Waals surface area contributed by atoms with Gasteiger partial charge in [-0.15, -0.1) is 0 Å². The highest BCUT2D eigenvalue weighted by atomic mass is 32.2. The zero-order valence-electron chi connectivity index (χ0n) is 19.8. The van der Waals surface area contributed by atoms with Crippen LogP contribution in [0.4, 0.5) is 8.78 Å². The second kappa shape index (κ2) is 11.7. The molecule has 9 nitrogen and oxygen atoms in total. The number of carbonyl (C=O) groups excluding carboxylic acids is 2. The number of rotatable bonds is 7. The number of amides is 2. The van der Waals surface area contributed by atoms with Crippen molar-refractivity contribution < 1.29 is 41.8 Å². The Bertz CT molecular complexity index is 1270. The van der Waals surface area contributed by atoms with E-state index >= 15 is 0 Å². The van der Waals surface area contributed by atoms with Crippen LogP contribution in [-0.2, 0) is 14.6 Å². The lowest BCUT2D eigenvalue weighted by molar-refractivity contribution is -0.149. The zero-order valence-corrected chi connectivity index (χ0v) is 20.6. The van der Waals surface area contributed by atoms with Crippen LogP contribution in [0.1, 0.15) is 41.3 Å². The molecule has 2 unspecified atom stereocenters. The first-order valence-electron chi connectivity index (χ1n) is 11.3. The summed E-state index contributed by atoms with van der Waals surface area (Å²) >= 11 is 0. The fraction of sp³-hybridized carbons (Fsp3) is 0.360. The number of sulfone groups is 1. The Balaban J connectivity index is 1.61. The molecule has 12 heteroatoms. The van der Waals surface area contributed by atoms with Crippen LogP contribution in [0.15, 0.2) is 48.5 Å². The monoisotopic (exact) mass is 536 g/mol. The molecular formula is C25H26F2N2O7S. The molecule has 0 radical (unpaired) electrons. The molecule has 4 N–H and O–H groups in total. The van der Waals surface area contributed by atoms with E-state index in [9.17, 15) is 31.9 Å². The van der Waals surface area contributed by atoms with Crippen LogP contribution in [0.5, 0.6) is 5.75 Å². The van der Waals surface area contributed by atoms with Crippen molar-refractivity contribution in [1.82, 2.24) is 10.8 Å². The summed E-state index contributed by atoms with van der Waals surface area (Å²) in [5.41, 5.74) is -0.519. The second-order valence-corrected chi connectivity index (χ2v) is 11.0. The van der Waals surface area contributed by atoms with Gasteiger partial charge in [0.05, 0.1) is 11.5 Å². The average Bonchev–Trinajstić information content (AvgIpc) is 2.87. The molecule has 2 atom stereocenters. The number of aliphatic hydroxyl groups is 1. The predicted octanol–water partition coefficient (Wildman–Crippen LogP) is 1.66. The maximum atomic E-state index is 13.1. The third-order valence-corrected chi connectivity index (χ3v) is 7.55. The molecule has 0 aromatic heterocycles. The molecule has 1 aliphatic rings. The van der Waals surface area contributed by atoms with E-state index in [1.54, 1.807) is 24.3 Å². The topological polar surface area (TPSA) is 142 Å². The number of hydrogen-bond acceptors (Lipinski definition) is 7. The van der Waals surface area contributed by atoms with Gasteiger partial charge in [-0.05, 0) is 68.3 Å². The van der Waals surface area contributed by atoms with E-state index in [0.29, 0.717) is 36.6 Å². The van der Waals surface area contributed by atoms with Crippen molar-refractivity contribution in [3.63, 3.8) is 0 Å². The molecule has 2 amide bonds. The van der Waals surface area contributed by atoms with Crippen LogP contribution in [0.3, 0.4) is 0 Å². The highest BCUT2D eigenvalue weighted by molar-refractivity contribution is 7.91. The number of hydroxylamine groups is 1. The Hall–Kier alpha value is -3.53. The van der Waals surface area contributed by atoms with Gasteiger partial charge >= 0.3 is 0 Å². The van der Waals surface area contributed by atoms with Gasteiger partial charge in [0, 0.05) is 16.7 Å². The molecule has 1 saturated heterocycles. The van der Waals surface area contributed by atoms with Crippen LogP contribution in [0.2, 0.25) is 0 Å². The predicted molar refractivity (Wildman–Crippen MR) is 129 cm³/mol. The van der Waals surface area contributed by atoms with Crippen molar-refractivity contribution in [3.8, 4) is 17.6 Å². The summed E-state index contributed by atoms with van der Waals surface area (Å²) < 4.78 is 55.2. The van der Waals surface area contributed by atoms with E-state index in [0.717, 1.165) is 5.48 Å². The van der Waals surface area contributed by atoms with Crippen LogP contribution >= 0.6 is 0 Å². The highest BCUT2D eigenvalue weighted by Crippen LogP contribution is 2.22. The number of carbonyl (C=O) groups is 2. The Morgan fingerprint density at radius 2 is 1.54 bits per heavy atom. The molecule has 198 valence electrons. The van der Waals surface area contributed by atoms with E-state index in [-0.39, 0.29) is 23.2 Å². The first-order valence-corrected chi connectivity index (χ1v) is 13.1. The molecule has 1 fully saturated rings. The number of nitrogens with one attached hydrogen (secondary N) is 2. The molecule has 0 spiro atoms. The van der Waals surface area contributed by atoms with Gasteiger partial charge in [0.25, 0.3) is 18.2 Å². The van der Waals surface area contributed by atoms with Gasteiger partial charge in [0.1, 0.15) is 17.9 Å². The zero-order chi connectivity index (χ0) is 27.2. The van der Waals surface area contributed by atoms with Gasteiger partial charge in [-0.25, -0.2) is 22.7 Å². The molecule has 2 aromatic carbocycles. The molecule has 37 heavy (non-hydrogen) atoms. The minimum absolute atomic E-state index is 0.0170. The van der Waals surface area contributed by atoms with Crippen LogP contribution in [-0.4, -0.2) is 66.2 Å². The fourth-order valence-electron chi connectivity index (χ4n) is 3.53. The third kappa shape index (κ3) is 7.48. The van der Waals surface area contributed by atoms with Gasteiger partial charge in [-0.1, -0.05) is 11.8 Å². The van der Waals surface area contributed by atoms with Crippen molar-refractivity contribution in [2.75, 3.05) is 11.5 Å². The van der Waals surface area contributed by atoms with Gasteiger partial charge in [0.2, 0.25) is 0 Å². The summed E-state index contributed by atoms with van der Waals surface area (Å²) in [5, 5.41) is 20.7. The molecule has 0 aliphatic carbocycles. The minimum Gasteiger partial charge on any atom is -0.490 e. The molecular weight excluding hydrogens is 510 g/mol. The molecule has 1 heterocycles. The number of benzene rings is 2. The second-order valence-electron chi connectivity index (χ2n) is 8.73. The standard InChI is InChI=1S/C25H26F2N2O7S/c1-25(32,24(26)27)21(23(31)29-33)28-22(30)18-8-4-16(5-9-18)2-3-17-6-10-19(11-7-17)36-20-12-14-37(34,35)15-13-20/h4-11,20-21,24,32-33H,12-15H2,1H3,(H,28,30)(H,29,31). The average molecular weight is 537 g/mol. The molecule has 2 aromatic rings. The Kier molecular flexibility index (Phi) is 8.85. The lowest BCUT2D eigenvalue weighted by Gasteiger charge is -2.30. The first kappa shape index (κ1) is 28.0. The fourth-order valence-corrected chi connectivity index (χ4v) is 4.97. The largest absolute Gasteiger partial charge is 0.490 e. The van der Waals surface area contributed by atoms with Gasteiger partial charge in [-0.2, -0.15) is 0 Å². The van der Waals surface area contributed by atoms with E-state index in [1.807, 2.05) is 5.32 Å². The van der Waals surface area contributed by atoms with E-state index < -0.39 is 39.7 Å². The smallest absolute Gasteiger partial charge is 0.269 e. The lowest BCUT2D eigenvalue weighted by Crippen LogP contribution is -2.61. The number of ether oxygens (including phenoxy) is 1. The Morgan fingerprint density at radius 1 is 1.03 bits per heavy atom. The van der Waals surface area contributed by atoms with Crippen molar-refractivity contribution >= 4 is 21.7 Å². The summed E-state index contributed by atoms with van der Waals surface area (Å²) in [6.07, 6.45) is -2.61. The summed E-state index contributed by atoms with van der Waals surface area (Å²) in [5.74, 6) is 4.42. The normalized spacial score (nSPS) is 17.6. The SMILES string of the molecule is CC(O)(C(F)F)C(NC(=O)c1ccc(C#Cc2ccc(OC3CCS(=O)(=O)CC3)cc2)cc1)C(=O)NO. The molecule has 3 rings (SSSR count). The molecule has 1 aliphatic heterocycles. The van der Waals surface area contributed by atoms with Crippen LogP contribution in [0.25, 0.3) is 0 Å². The number of alkyl halides is 2. The van der Waals surface area contributed by atoms with Crippen LogP contribution < -0.4 is 15.5 Å². The molecule has 0 bridgehead atoms. The maximum Gasteiger partial charge on any atom is 0.269 e. The lowest BCUT2D eigenvalue weighted by atomic mass is 9.95. The Morgan fingerprint density at radius 3 is 2.03 bits per heavy atom. The van der Waals surface area contributed by atoms with Crippen molar-refractivity contribution in [1.29, 1.82) is 0 Å². The van der Waals surface area contributed by atoms with Crippen molar-refractivity contribution in [3.05, 3.63) is 65.2 Å². The van der Waals surface area contributed by atoms with Gasteiger partial charge < -0.3 is 15.2 Å². The summed E-state index contributed by atoms with van der Waals surface area (Å²) in [7, 11) is -2.96. The highest BCUT2D eigenvalue weighted by Gasteiger charge is 2.46. The maximum absolute atomic E-state index is 13.1. The van der Waals surface area contributed by atoms with E-state index in [2.05, 4.69) is 11.8 Å². The summed E-state index contributed by atoms with van der Waals surface area (Å²) in [6, 6.07) is 10.7. The Labute approximate surface area is 212 Å². The van der Waals surface area contributed by atoms with E-state index in [1.165, 1.54) is 24.3 Å². The third-order valence-electron chi connectivity index (χ3n) is 5.83. The minimum atomic E-state index is -3.38. The number of halogens is 2. The summed E-state index contributed by atoms with van der Waals surface area (Å²) in [6.45, 7) is 0.664. The first-order chi connectivity index (χ1) is 17.4. The summed E-state index contributed by atoms with van der Waals surface area (Å²) in [4.78, 5) is 24.2. The number of hydrogen-bond donors (Lipinski definition) is 4. The van der Waals surface area contributed by atoms with Crippen molar-refractivity contribution in [2.24, 2.45) is 0 Å². The van der Waals surface area contributed by atoms with Crippen LogP contribution in [0, 0.1) is 11.8 Å². The van der Waals surface area contributed by atoms with Crippen molar-refractivity contribution in [2.45, 2.75) is 43.9 Å². The van der Waals surface area contributed by atoms with Gasteiger partial charge in [-0.3, -0.25) is 14.8 Å². The van der Waals surface area contributed by atoms with Gasteiger partial charge in [0.15, 0.2) is 15.4 Å². The van der Waals surface area contributed by atoms with E-state index in [4.69, 9.17) is 9.94 Å². The quantitative estimate of drug-likeness (QED) is 0.240. The molecule has 0 saturated carbocycles.